The molecule has 2 rings (SSSR count). The van der Waals surface area contributed by atoms with Crippen LogP contribution in [0.4, 0.5) is 0 Å². The smallest absolute Gasteiger partial charge is 0.242 e. The van der Waals surface area contributed by atoms with Gasteiger partial charge in [-0.05, 0) is 31.0 Å². The number of hydrogen-bond donors (Lipinski definition) is 0. The molecule has 0 radical (unpaired) electrons. The van der Waals surface area contributed by atoms with E-state index in [0.717, 1.165) is 9.87 Å². The van der Waals surface area contributed by atoms with Crippen molar-refractivity contribution >= 4 is 20.0 Å². The summed E-state index contributed by atoms with van der Waals surface area (Å²) in [6.45, 7) is 3.04. The van der Waals surface area contributed by atoms with Crippen molar-refractivity contribution in [3.8, 4) is 0 Å². The highest BCUT2D eigenvalue weighted by molar-refractivity contribution is 7.89. The van der Waals surface area contributed by atoms with Gasteiger partial charge in [0.25, 0.3) is 0 Å². The average molecular weight is 377 g/mol. The molecular weight excluding hydrogens is 352 g/mol. The molecule has 1 heterocycles. The highest BCUT2D eigenvalue weighted by Gasteiger charge is 2.29. The number of hydrogen-bond acceptors (Lipinski definition) is 5. The second-order valence-corrected chi connectivity index (χ2v) is 10.2. The molecule has 1 aromatic rings. The Morgan fingerprint density at radius 2 is 1.79 bits per heavy atom. The molecule has 0 N–H and O–H groups in total. The third-order valence-corrected chi connectivity index (χ3v) is 7.82. The topological polar surface area (TPSA) is 84.0 Å². The van der Waals surface area contributed by atoms with Crippen molar-refractivity contribution in [2.24, 2.45) is 0 Å². The van der Waals surface area contributed by atoms with Gasteiger partial charge in [-0.3, -0.25) is 0 Å². The molecule has 0 aromatic heterocycles. The van der Waals surface area contributed by atoms with Crippen molar-refractivity contribution in [2.45, 2.75) is 24.3 Å². The fraction of sp³-hybridized carbons (Fsp3) is 0.600. The second-order valence-electron chi connectivity index (χ2n) is 6.03. The molecule has 1 unspecified atom stereocenters. The van der Waals surface area contributed by atoms with E-state index in [1.807, 2.05) is 6.92 Å². The molecule has 1 aliphatic heterocycles. The molecular formula is C15H24N2O5S2. The van der Waals surface area contributed by atoms with E-state index in [2.05, 4.69) is 0 Å². The van der Waals surface area contributed by atoms with Crippen LogP contribution in [-0.4, -0.2) is 71.1 Å². The molecule has 0 spiro atoms. The lowest BCUT2D eigenvalue weighted by atomic mass is 10.2. The monoisotopic (exact) mass is 376 g/mol. The molecule has 1 atom stereocenters. The summed E-state index contributed by atoms with van der Waals surface area (Å²) in [5.74, 6) is -0.00286. The predicted molar refractivity (Wildman–Crippen MR) is 91.8 cm³/mol. The van der Waals surface area contributed by atoms with E-state index >= 15 is 0 Å². The van der Waals surface area contributed by atoms with Crippen molar-refractivity contribution in [3.63, 3.8) is 0 Å². The van der Waals surface area contributed by atoms with E-state index in [1.54, 1.807) is 12.1 Å². The normalized spacial score (nSPS) is 20.4. The molecule has 1 fully saturated rings. The fourth-order valence-electron chi connectivity index (χ4n) is 2.53. The lowest BCUT2D eigenvalue weighted by Crippen LogP contribution is -2.48. The van der Waals surface area contributed by atoms with Crippen LogP contribution in [0.2, 0.25) is 0 Å². The number of aryl methyl sites for hydroxylation is 1. The number of rotatable bonds is 6. The zero-order valence-electron chi connectivity index (χ0n) is 14.2. The summed E-state index contributed by atoms with van der Waals surface area (Å²) in [5.41, 5.74) is 0.789. The zero-order chi connectivity index (χ0) is 18.0. The summed E-state index contributed by atoms with van der Waals surface area (Å²) in [7, 11) is -3.88. The van der Waals surface area contributed by atoms with Crippen molar-refractivity contribution in [3.05, 3.63) is 29.8 Å². The van der Waals surface area contributed by atoms with Gasteiger partial charge in [-0.25, -0.2) is 21.1 Å². The van der Waals surface area contributed by atoms with E-state index in [4.69, 9.17) is 4.74 Å². The summed E-state index contributed by atoms with van der Waals surface area (Å²) < 4.78 is 56.8. The Bertz CT molecular complexity index is 758. The van der Waals surface area contributed by atoms with Gasteiger partial charge in [0, 0.05) is 26.7 Å². The number of morpholine rings is 1. The average Bonchev–Trinajstić information content (AvgIpc) is 2.53. The molecule has 0 aliphatic carbocycles. The molecule has 7 nitrogen and oxygen atoms in total. The molecule has 136 valence electrons. The Labute approximate surface area is 144 Å². The minimum atomic E-state index is -3.47. The molecule has 1 saturated heterocycles. The highest BCUT2D eigenvalue weighted by atomic mass is 32.2. The van der Waals surface area contributed by atoms with Crippen molar-refractivity contribution in [1.29, 1.82) is 0 Å². The first kappa shape index (κ1) is 19.3. The van der Waals surface area contributed by atoms with E-state index in [1.165, 1.54) is 30.5 Å². The maximum atomic E-state index is 12.5. The largest absolute Gasteiger partial charge is 0.378 e. The van der Waals surface area contributed by atoms with Gasteiger partial charge in [-0.2, -0.15) is 4.31 Å². The van der Waals surface area contributed by atoms with Crippen LogP contribution in [0.1, 0.15) is 12.5 Å². The van der Waals surface area contributed by atoms with Crippen molar-refractivity contribution < 1.29 is 21.6 Å². The van der Waals surface area contributed by atoms with Gasteiger partial charge in [0.05, 0.1) is 23.9 Å². The Morgan fingerprint density at radius 3 is 2.33 bits per heavy atom. The van der Waals surface area contributed by atoms with E-state index < -0.39 is 20.0 Å². The molecule has 1 aromatic carbocycles. The maximum absolute atomic E-state index is 12.5. The van der Waals surface area contributed by atoms with Gasteiger partial charge in [-0.1, -0.05) is 12.1 Å². The lowest BCUT2D eigenvalue weighted by Gasteiger charge is -2.32. The summed E-state index contributed by atoms with van der Waals surface area (Å²) in [4.78, 5) is 0.195. The summed E-state index contributed by atoms with van der Waals surface area (Å²) >= 11 is 0. The first-order chi connectivity index (χ1) is 11.1. The number of benzene rings is 1. The SMILES string of the molecule is CC1COCCN1S(=O)(=O)CCc1ccc(S(=O)(=O)N(C)C)cc1. The van der Waals surface area contributed by atoms with Crippen LogP contribution in [0, 0.1) is 0 Å². The first-order valence-electron chi connectivity index (χ1n) is 7.73. The van der Waals surface area contributed by atoms with Crippen LogP contribution in [0.5, 0.6) is 0 Å². The van der Waals surface area contributed by atoms with Crippen LogP contribution in [-0.2, 0) is 31.2 Å². The van der Waals surface area contributed by atoms with Crippen LogP contribution < -0.4 is 0 Å². The minimum absolute atomic E-state index is 0.00286. The van der Waals surface area contributed by atoms with Crippen molar-refractivity contribution in [2.75, 3.05) is 39.6 Å². The van der Waals surface area contributed by atoms with E-state index in [0.29, 0.717) is 26.2 Å². The Morgan fingerprint density at radius 1 is 1.17 bits per heavy atom. The Balaban J connectivity index is 2.04. The van der Waals surface area contributed by atoms with Gasteiger partial charge in [0.15, 0.2) is 0 Å². The van der Waals surface area contributed by atoms with Gasteiger partial charge in [-0.15, -0.1) is 0 Å². The molecule has 9 heteroatoms. The molecule has 0 bridgehead atoms. The summed E-state index contributed by atoms with van der Waals surface area (Å²) in [5, 5.41) is 0. The van der Waals surface area contributed by atoms with Crippen LogP contribution in [0.3, 0.4) is 0 Å². The third-order valence-electron chi connectivity index (χ3n) is 4.01. The van der Waals surface area contributed by atoms with Gasteiger partial charge in [0.1, 0.15) is 0 Å². The Kier molecular flexibility index (Phi) is 6.03. The van der Waals surface area contributed by atoms with Gasteiger partial charge >= 0.3 is 0 Å². The van der Waals surface area contributed by atoms with E-state index in [-0.39, 0.29) is 16.7 Å². The van der Waals surface area contributed by atoms with Crippen LogP contribution >= 0.6 is 0 Å². The van der Waals surface area contributed by atoms with Crippen LogP contribution in [0.25, 0.3) is 0 Å². The predicted octanol–water partition coefficient (Wildman–Crippen LogP) is 0.530. The molecule has 24 heavy (non-hydrogen) atoms. The Hall–Kier alpha value is -1.00. The number of nitrogens with zero attached hydrogens (tertiary/aromatic N) is 2. The zero-order valence-corrected chi connectivity index (χ0v) is 15.8. The highest BCUT2D eigenvalue weighted by Crippen LogP contribution is 2.17. The first-order valence-corrected chi connectivity index (χ1v) is 10.8. The lowest BCUT2D eigenvalue weighted by molar-refractivity contribution is 0.0393. The van der Waals surface area contributed by atoms with Gasteiger partial charge < -0.3 is 4.74 Å². The number of sulfonamides is 2. The van der Waals surface area contributed by atoms with E-state index in [9.17, 15) is 16.8 Å². The molecule has 1 aliphatic rings. The van der Waals surface area contributed by atoms with Crippen LogP contribution in [0.15, 0.2) is 29.2 Å². The van der Waals surface area contributed by atoms with Crippen molar-refractivity contribution in [1.82, 2.24) is 8.61 Å². The quantitative estimate of drug-likeness (QED) is 0.723. The molecule has 0 saturated carbocycles. The number of ether oxygens (including phenoxy) is 1. The maximum Gasteiger partial charge on any atom is 0.242 e. The fourth-order valence-corrected chi connectivity index (χ4v) is 5.12. The van der Waals surface area contributed by atoms with Gasteiger partial charge in [0.2, 0.25) is 20.0 Å². The third kappa shape index (κ3) is 4.34. The summed E-state index contributed by atoms with van der Waals surface area (Å²) in [6, 6.07) is 6.18. The summed E-state index contributed by atoms with van der Waals surface area (Å²) in [6.07, 6.45) is 0.342. The second kappa shape index (κ2) is 7.49. The standard InChI is InChI=1S/C15H24N2O5S2/c1-13-12-22-10-9-17(13)23(18,19)11-8-14-4-6-15(7-5-14)24(20,21)16(2)3/h4-7,13H,8-12H2,1-3H3. The minimum Gasteiger partial charge on any atom is -0.378 e. The molecule has 0 amide bonds.